The van der Waals surface area contributed by atoms with Crippen molar-refractivity contribution in [3.63, 3.8) is 0 Å². The first-order chi connectivity index (χ1) is 16.9. The maximum absolute atomic E-state index is 13.2. The third kappa shape index (κ3) is 5.24. The molecule has 1 saturated carbocycles. The van der Waals surface area contributed by atoms with Gasteiger partial charge in [-0.25, -0.2) is 4.98 Å². The molecule has 0 unspecified atom stereocenters. The highest BCUT2D eigenvalue weighted by Gasteiger charge is 2.30. The highest BCUT2D eigenvalue weighted by atomic mass is 16.3. The molecular weight excluding hydrogens is 444 g/mol. The lowest BCUT2D eigenvalue weighted by atomic mass is 9.97. The van der Waals surface area contributed by atoms with Crippen molar-refractivity contribution in [2.45, 2.75) is 50.5 Å². The smallest absolute Gasteiger partial charge is 0.274 e. The summed E-state index contributed by atoms with van der Waals surface area (Å²) in [7, 11) is 1.92. The number of benzene rings is 1. The number of rotatable bonds is 7. The average molecular weight is 475 g/mol. The minimum absolute atomic E-state index is 0.167. The van der Waals surface area contributed by atoms with Crippen LogP contribution in [0.4, 0.5) is 5.69 Å². The average Bonchev–Trinajstić information content (AvgIpc) is 3.51. The van der Waals surface area contributed by atoms with Crippen LogP contribution in [0.3, 0.4) is 0 Å². The molecule has 9 nitrogen and oxygen atoms in total. The zero-order chi connectivity index (χ0) is 24.5. The number of carbonyl (C=O) groups is 2. The van der Waals surface area contributed by atoms with Gasteiger partial charge in [-0.2, -0.15) is 0 Å². The molecule has 1 saturated heterocycles. The lowest BCUT2D eigenvalue weighted by Gasteiger charge is -2.17. The van der Waals surface area contributed by atoms with E-state index >= 15 is 0 Å². The van der Waals surface area contributed by atoms with Crippen molar-refractivity contribution < 1.29 is 14.7 Å². The van der Waals surface area contributed by atoms with Gasteiger partial charge in [0.25, 0.3) is 11.8 Å². The molecule has 0 radical (unpaired) electrons. The minimum atomic E-state index is -0.491. The fraction of sp³-hybridized carbons (Fsp3) is 0.423. The first-order valence-corrected chi connectivity index (χ1v) is 12.1. The van der Waals surface area contributed by atoms with Crippen LogP contribution in [0.2, 0.25) is 0 Å². The molecule has 2 aliphatic rings. The van der Waals surface area contributed by atoms with E-state index in [1.54, 1.807) is 23.4 Å². The number of aliphatic hydroxyl groups is 1. The lowest BCUT2D eigenvalue weighted by Crippen LogP contribution is -2.30. The van der Waals surface area contributed by atoms with Crippen molar-refractivity contribution in [3.05, 3.63) is 71.1 Å². The topological polar surface area (TPSA) is 113 Å². The Morgan fingerprint density at radius 3 is 2.71 bits per heavy atom. The van der Waals surface area contributed by atoms with Gasteiger partial charge in [0, 0.05) is 49.4 Å². The molecule has 35 heavy (non-hydrogen) atoms. The third-order valence-electron chi connectivity index (χ3n) is 6.78. The van der Waals surface area contributed by atoms with Crippen LogP contribution in [0.1, 0.15) is 76.0 Å². The Hall–Kier alpha value is -3.59. The number of aromatic nitrogens is 4. The molecule has 2 amide bonds. The molecule has 1 aliphatic carbocycles. The van der Waals surface area contributed by atoms with Crippen LogP contribution in [0.25, 0.3) is 0 Å². The van der Waals surface area contributed by atoms with Gasteiger partial charge in [0.15, 0.2) is 0 Å². The fourth-order valence-corrected chi connectivity index (χ4v) is 4.49. The fourth-order valence-electron chi connectivity index (χ4n) is 4.49. The van der Waals surface area contributed by atoms with Crippen LogP contribution in [-0.2, 0) is 13.5 Å². The van der Waals surface area contributed by atoms with Crippen LogP contribution in [-0.4, -0.2) is 60.8 Å². The summed E-state index contributed by atoms with van der Waals surface area (Å²) in [6.45, 7) is 2.95. The Bertz CT molecular complexity index is 1250. The van der Waals surface area contributed by atoms with E-state index in [9.17, 15) is 14.7 Å². The number of aliphatic hydroxyl groups excluding tert-OH is 1. The molecule has 2 atom stereocenters. The van der Waals surface area contributed by atoms with Gasteiger partial charge in [0.2, 0.25) is 0 Å². The van der Waals surface area contributed by atoms with Gasteiger partial charge in [-0.1, -0.05) is 19.1 Å². The van der Waals surface area contributed by atoms with Crippen molar-refractivity contribution in [2.75, 3.05) is 18.4 Å². The molecule has 5 rings (SSSR count). The predicted octanol–water partition coefficient (Wildman–Crippen LogP) is 2.89. The molecule has 1 aromatic carbocycles. The summed E-state index contributed by atoms with van der Waals surface area (Å²) in [5.41, 5.74) is 3.22. The molecule has 0 spiro atoms. The summed E-state index contributed by atoms with van der Waals surface area (Å²) >= 11 is 0. The molecule has 3 aromatic rings. The molecule has 2 fully saturated rings. The minimum Gasteiger partial charge on any atom is -0.391 e. The molecule has 9 heteroatoms. The van der Waals surface area contributed by atoms with E-state index in [0.29, 0.717) is 36.7 Å². The molecule has 0 bridgehead atoms. The molecule has 1 aliphatic heterocycles. The summed E-state index contributed by atoms with van der Waals surface area (Å²) in [4.78, 5) is 32.4. The van der Waals surface area contributed by atoms with Crippen LogP contribution < -0.4 is 5.32 Å². The van der Waals surface area contributed by atoms with Crippen molar-refractivity contribution in [3.8, 4) is 0 Å². The number of nitrogens with zero attached hydrogens (tertiary/aromatic N) is 5. The highest BCUT2D eigenvalue weighted by molar-refractivity contribution is 6.05. The maximum Gasteiger partial charge on any atom is 0.274 e. The maximum atomic E-state index is 13.2. The standard InChI is InChI=1S/C26H30N6O3/c1-16(10-24-30-27-15-31(24)2)18-4-3-5-20(11-18)28-25(34)23-13-19(12-22(29-23)17-6-7-17)26(35)32-9-8-21(33)14-32/h3-5,11-13,15-17,21,33H,6-10,14H2,1-2H3,(H,28,34)/t16-,21-/m0/s1. The molecule has 2 N–H and O–H groups in total. The van der Waals surface area contributed by atoms with Crippen molar-refractivity contribution in [1.29, 1.82) is 0 Å². The van der Waals surface area contributed by atoms with Gasteiger partial charge in [-0.05, 0) is 55.0 Å². The van der Waals surface area contributed by atoms with E-state index in [0.717, 1.165) is 36.3 Å². The van der Waals surface area contributed by atoms with Gasteiger partial charge in [0.05, 0.1) is 6.10 Å². The van der Waals surface area contributed by atoms with Crippen molar-refractivity contribution >= 4 is 17.5 Å². The Balaban J connectivity index is 1.34. The van der Waals surface area contributed by atoms with Gasteiger partial charge in [-0.15, -0.1) is 10.2 Å². The van der Waals surface area contributed by atoms with Crippen LogP contribution in [0.15, 0.2) is 42.7 Å². The van der Waals surface area contributed by atoms with E-state index in [2.05, 4.69) is 27.4 Å². The molecular formula is C26H30N6O3. The van der Waals surface area contributed by atoms with E-state index in [1.165, 1.54) is 0 Å². The zero-order valence-electron chi connectivity index (χ0n) is 20.0. The molecule has 182 valence electrons. The van der Waals surface area contributed by atoms with Crippen molar-refractivity contribution in [2.24, 2.45) is 7.05 Å². The summed E-state index contributed by atoms with van der Waals surface area (Å²) in [6.07, 6.45) is 4.53. The number of β-amino-alcohol motifs (C(OH)–C–C–N with tert-alkyl or cyclic N) is 1. The number of carbonyl (C=O) groups excluding carboxylic acids is 2. The number of amides is 2. The van der Waals surface area contributed by atoms with Gasteiger partial charge in [0.1, 0.15) is 17.8 Å². The van der Waals surface area contributed by atoms with Gasteiger partial charge >= 0.3 is 0 Å². The normalized spacial score (nSPS) is 18.5. The first-order valence-electron chi connectivity index (χ1n) is 12.1. The summed E-state index contributed by atoms with van der Waals surface area (Å²) < 4.78 is 1.91. The van der Waals surface area contributed by atoms with Crippen LogP contribution >= 0.6 is 0 Å². The SMILES string of the molecule is C[C@@H](Cc1nncn1C)c1cccc(NC(=O)c2cc(C(=O)N3CC[C@H](O)C3)cc(C3CC3)n2)c1. The largest absolute Gasteiger partial charge is 0.391 e. The molecule has 3 heterocycles. The van der Waals surface area contributed by atoms with Crippen LogP contribution in [0, 0.1) is 0 Å². The number of anilines is 1. The number of hydrogen-bond donors (Lipinski definition) is 2. The monoisotopic (exact) mass is 474 g/mol. The molecule has 2 aromatic heterocycles. The second-order valence-corrected chi connectivity index (χ2v) is 9.68. The first kappa shape index (κ1) is 23.2. The Morgan fingerprint density at radius 1 is 1.20 bits per heavy atom. The van der Waals surface area contributed by atoms with E-state index in [1.807, 2.05) is 35.9 Å². The summed E-state index contributed by atoms with van der Waals surface area (Å²) in [5.74, 6) is 0.866. The summed E-state index contributed by atoms with van der Waals surface area (Å²) in [6, 6.07) is 11.1. The number of aryl methyl sites for hydroxylation is 1. The van der Waals surface area contributed by atoms with E-state index < -0.39 is 6.10 Å². The van der Waals surface area contributed by atoms with Gasteiger partial charge in [-0.3, -0.25) is 9.59 Å². The number of pyridine rings is 1. The Kier molecular flexibility index (Phi) is 6.34. The second-order valence-electron chi connectivity index (χ2n) is 9.68. The Morgan fingerprint density at radius 2 is 2.03 bits per heavy atom. The number of likely N-dealkylation sites (tertiary alicyclic amines) is 1. The van der Waals surface area contributed by atoms with Crippen LogP contribution in [0.5, 0.6) is 0 Å². The third-order valence-corrected chi connectivity index (χ3v) is 6.78. The quantitative estimate of drug-likeness (QED) is 0.544. The van der Waals surface area contributed by atoms with Crippen molar-refractivity contribution in [1.82, 2.24) is 24.6 Å². The second kappa shape index (κ2) is 9.58. The highest BCUT2D eigenvalue weighted by Crippen LogP contribution is 2.39. The summed E-state index contributed by atoms with van der Waals surface area (Å²) in [5, 5.41) is 20.9. The zero-order valence-corrected chi connectivity index (χ0v) is 20.0. The van der Waals surface area contributed by atoms with E-state index in [-0.39, 0.29) is 23.4 Å². The lowest BCUT2D eigenvalue weighted by molar-refractivity contribution is 0.0764. The van der Waals surface area contributed by atoms with E-state index in [4.69, 9.17) is 0 Å². The predicted molar refractivity (Wildman–Crippen MR) is 130 cm³/mol. The number of hydrogen-bond acceptors (Lipinski definition) is 6. The Labute approximate surface area is 204 Å². The van der Waals surface area contributed by atoms with Gasteiger partial charge < -0.3 is 19.9 Å². The number of nitrogens with one attached hydrogen (secondary N) is 1.